The fourth-order valence-corrected chi connectivity index (χ4v) is 1.62. The van der Waals surface area contributed by atoms with Gasteiger partial charge in [0.05, 0.1) is 12.7 Å². The Kier molecular flexibility index (Phi) is 5.83. The molecule has 88 valence electrons. The van der Waals surface area contributed by atoms with Gasteiger partial charge >= 0.3 is 0 Å². The van der Waals surface area contributed by atoms with E-state index in [9.17, 15) is 5.11 Å². The number of aliphatic hydroxyl groups excluding tert-OH is 1. The van der Waals surface area contributed by atoms with Crippen molar-refractivity contribution < 1.29 is 9.84 Å². The molecule has 1 rings (SSSR count). The molecule has 0 aliphatic carbocycles. The number of aliphatic hydroxyl groups is 1. The van der Waals surface area contributed by atoms with Crippen molar-refractivity contribution in [1.82, 2.24) is 0 Å². The molecule has 1 unspecified atom stereocenters. The lowest BCUT2D eigenvalue weighted by atomic mass is 10.0. The number of allylic oxidation sites excluding steroid dienone is 1. The molecule has 16 heavy (non-hydrogen) atoms. The Bertz CT molecular complexity index is 331. The van der Waals surface area contributed by atoms with Crippen molar-refractivity contribution in [2.45, 2.75) is 32.5 Å². The molecule has 0 amide bonds. The van der Waals surface area contributed by atoms with Crippen LogP contribution in [0.1, 0.15) is 24.5 Å². The highest BCUT2D eigenvalue weighted by atomic mass is 16.5. The van der Waals surface area contributed by atoms with Crippen molar-refractivity contribution in [2.24, 2.45) is 0 Å². The minimum Gasteiger partial charge on any atom is -0.389 e. The highest BCUT2D eigenvalue weighted by molar-refractivity contribution is 5.24. The molecule has 0 aromatic heterocycles. The van der Waals surface area contributed by atoms with E-state index in [1.54, 1.807) is 7.11 Å². The summed E-state index contributed by atoms with van der Waals surface area (Å²) in [5.41, 5.74) is 2.29. The van der Waals surface area contributed by atoms with Crippen LogP contribution in [0.25, 0.3) is 0 Å². The normalized spacial score (nSPS) is 13.2. The van der Waals surface area contributed by atoms with Crippen LogP contribution in [0.3, 0.4) is 0 Å². The van der Waals surface area contributed by atoms with Gasteiger partial charge in [-0.25, -0.2) is 0 Å². The Morgan fingerprint density at radius 1 is 1.38 bits per heavy atom. The summed E-state index contributed by atoms with van der Waals surface area (Å²) in [6.45, 7) is 2.68. The van der Waals surface area contributed by atoms with Crippen molar-refractivity contribution in [3.8, 4) is 0 Å². The van der Waals surface area contributed by atoms with E-state index in [2.05, 4.69) is 13.0 Å². The second kappa shape index (κ2) is 7.20. The Morgan fingerprint density at radius 3 is 2.81 bits per heavy atom. The van der Waals surface area contributed by atoms with E-state index in [0.717, 1.165) is 17.5 Å². The van der Waals surface area contributed by atoms with E-state index in [4.69, 9.17) is 4.74 Å². The Hall–Kier alpha value is -1.12. The first-order valence-electron chi connectivity index (χ1n) is 5.67. The van der Waals surface area contributed by atoms with E-state index in [1.807, 2.05) is 30.4 Å². The van der Waals surface area contributed by atoms with E-state index in [1.165, 1.54) is 0 Å². The van der Waals surface area contributed by atoms with Crippen LogP contribution >= 0.6 is 0 Å². The molecular weight excluding hydrogens is 200 g/mol. The molecular formula is C14H20O2. The predicted molar refractivity (Wildman–Crippen MR) is 66.3 cm³/mol. The van der Waals surface area contributed by atoms with Gasteiger partial charge < -0.3 is 9.84 Å². The second-order valence-electron chi connectivity index (χ2n) is 3.86. The third-order valence-corrected chi connectivity index (χ3v) is 2.34. The number of methoxy groups -OCH3 is 1. The predicted octanol–water partition coefficient (Wildman–Crippen LogP) is 2.70. The fraction of sp³-hybridized carbons (Fsp3) is 0.429. The SMILES string of the molecule is CC/C=C/C(O)Cc1cccc(COC)c1. The van der Waals surface area contributed by atoms with Gasteiger partial charge in [0.25, 0.3) is 0 Å². The maximum Gasteiger partial charge on any atom is 0.0761 e. The Morgan fingerprint density at radius 2 is 2.12 bits per heavy atom. The summed E-state index contributed by atoms with van der Waals surface area (Å²) in [4.78, 5) is 0. The van der Waals surface area contributed by atoms with Crippen LogP contribution in [0.4, 0.5) is 0 Å². The van der Waals surface area contributed by atoms with Crippen molar-refractivity contribution >= 4 is 0 Å². The average Bonchev–Trinajstić information content (AvgIpc) is 2.27. The molecule has 0 aliphatic heterocycles. The summed E-state index contributed by atoms with van der Waals surface area (Å²) in [6, 6.07) is 8.13. The standard InChI is InChI=1S/C14H20O2/c1-3-4-8-14(15)10-12-6-5-7-13(9-12)11-16-2/h4-9,14-15H,3,10-11H2,1-2H3/b8-4+. The first-order valence-corrected chi connectivity index (χ1v) is 5.67. The minimum absolute atomic E-state index is 0.391. The zero-order chi connectivity index (χ0) is 11.8. The van der Waals surface area contributed by atoms with Crippen LogP contribution in [-0.2, 0) is 17.8 Å². The van der Waals surface area contributed by atoms with E-state index < -0.39 is 6.10 Å². The third-order valence-electron chi connectivity index (χ3n) is 2.34. The first kappa shape index (κ1) is 12.9. The molecule has 0 fully saturated rings. The first-order chi connectivity index (χ1) is 7.76. The van der Waals surface area contributed by atoms with Gasteiger partial charge in [0, 0.05) is 13.5 Å². The highest BCUT2D eigenvalue weighted by Gasteiger charge is 2.02. The van der Waals surface area contributed by atoms with Crippen molar-refractivity contribution in [3.63, 3.8) is 0 Å². The van der Waals surface area contributed by atoms with E-state index >= 15 is 0 Å². The van der Waals surface area contributed by atoms with E-state index in [0.29, 0.717) is 13.0 Å². The van der Waals surface area contributed by atoms with Gasteiger partial charge in [0.15, 0.2) is 0 Å². The Labute approximate surface area is 97.6 Å². The summed E-state index contributed by atoms with van der Waals surface area (Å²) in [6.07, 6.45) is 5.07. The molecule has 0 saturated heterocycles. The number of hydrogen-bond acceptors (Lipinski definition) is 2. The molecule has 2 heteroatoms. The lowest BCUT2D eigenvalue weighted by Crippen LogP contribution is -2.06. The van der Waals surface area contributed by atoms with Gasteiger partial charge in [0.2, 0.25) is 0 Å². The smallest absolute Gasteiger partial charge is 0.0761 e. The summed E-state index contributed by atoms with van der Waals surface area (Å²) in [5, 5.41) is 9.74. The summed E-state index contributed by atoms with van der Waals surface area (Å²) in [5.74, 6) is 0. The molecule has 0 bridgehead atoms. The molecule has 0 saturated carbocycles. The number of rotatable bonds is 6. The van der Waals surface area contributed by atoms with Crippen LogP contribution in [0.2, 0.25) is 0 Å². The molecule has 2 nitrogen and oxygen atoms in total. The third kappa shape index (κ3) is 4.60. The quantitative estimate of drug-likeness (QED) is 0.747. The molecule has 0 spiro atoms. The topological polar surface area (TPSA) is 29.5 Å². The zero-order valence-corrected chi connectivity index (χ0v) is 10.0. The van der Waals surface area contributed by atoms with Crippen LogP contribution < -0.4 is 0 Å². The van der Waals surface area contributed by atoms with Crippen molar-refractivity contribution in [2.75, 3.05) is 7.11 Å². The van der Waals surface area contributed by atoms with Gasteiger partial charge in [0.1, 0.15) is 0 Å². The summed E-state index contributed by atoms with van der Waals surface area (Å²) < 4.78 is 5.08. The van der Waals surface area contributed by atoms with Crippen LogP contribution in [0.15, 0.2) is 36.4 Å². The average molecular weight is 220 g/mol. The lowest BCUT2D eigenvalue weighted by molar-refractivity contribution is 0.184. The second-order valence-corrected chi connectivity index (χ2v) is 3.86. The van der Waals surface area contributed by atoms with Gasteiger partial charge in [-0.2, -0.15) is 0 Å². The van der Waals surface area contributed by atoms with Crippen molar-refractivity contribution in [3.05, 3.63) is 47.5 Å². The molecule has 0 heterocycles. The minimum atomic E-state index is -0.391. The lowest BCUT2D eigenvalue weighted by Gasteiger charge is -2.07. The fourth-order valence-electron chi connectivity index (χ4n) is 1.62. The maximum atomic E-state index is 9.74. The molecule has 1 aromatic carbocycles. The number of hydrogen-bond donors (Lipinski definition) is 1. The molecule has 1 aromatic rings. The van der Waals surface area contributed by atoms with Crippen LogP contribution in [0, 0.1) is 0 Å². The summed E-state index contributed by atoms with van der Waals surface area (Å²) >= 11 is 0. The largest absolute Gasteiger partial charge is 0.389 e. The molecule has 0 radical (unpaired) electrons. The summed E-state index contributed by atoms with van der Waals surface area (Å²) in [7, 11) is 1.69. The molecule has 1 N–H and O–H groups in total. The molecule has 0 aliphatic rings. The van der Waals surface area contributed by atoms with Gasteiger partial charge in [-0.3, -0.25) is 0 Å². The van der Waals surface area contributed by atoms with Gasteiger partial charge in [-0.05, 0) is 17.5 Å². The number of benzene rings is 1. The molecule has 1 atom stereocenters. The monoisotopic (exact) mass is 220 g/mol. The van der Waals surface area contributed by atoms with Gasteiger partial charge in [-0.15, -0.1) is 0 Å². The van der Waals surface area contributed by atoms with E-state index in [-0.39, 0.29) is 0 Å². The van der Waals surface area contributed by atoms with Crippen molar-refractivity contribution in [1.29, 1.82) is 0 Å². The Balaban J connectivity index is 2.59. The van der Waals surface area contributed by atoms with Crippen LogP contribution in [0.5, 0.6) is 0 Å². The highest BCUT2D eigenvalue weighted by Crippen LogP contribution is 2.09. The number of ether oxygens (including phenoxy) is 1. The maximum absolute atomic E-state index is 9.74. The van der Waals surface area contributed by atoms with Gasteiger partial charge in [-0.1, -0.05) is 43.3 Å². The zero-order valence-electron chi connectivity index (χ0n) is 10.0. The van der Waals surface area contributed by atoms with Crippen LogP contribution in [-0.4, -0.2) is 18.3 Å².